The molecule has 0 radical (unpaired) electrons. The molecule has 0 aromatic carbocycles. The summed E-state index contributed by atoms with van der Waals surface area (Å²) >= 11 is 0. The van der Waals surface area contributed by atoms with Crippen molar-refractivity contribution in [3.05, 3.63) is 42.2 Å². The third-order valence-corrected chi connectivity index (χ3v) is 6.56. The summed E-state index contributed by atoms with van der Waals surface area (Å²) in [7, 11) is 1.84. The summed E-state index contributed by atoms with van der Waals surface area (Å²) in [6.45, 7) is 3.61. The molecule has 2 fully saturated rings. The molecule has 1 amide bonds. The van der Waals surface area contributed by atoms with Crippen molar-refractivity contribution >= 4 is 34.8 Å². The van der Waals surface area contributed by atoms with Gasteiger partial charge in [0.2, 0.25) is 5.65 Å². The van der Waals surface area contributed by atoms with Crippen molar-refractivity contribution < 1.29 is 19.1 Å². The van der Waals surface area contributed by atoms with Crippen LogP contribution in [0.1, 0.15) is 23.2 Å². The number of hydrogen-bond donors (Lipinski definition) is 2. The Morgan fingerprint density at radius 2 is 2.00 bits per heavy atom. The molecule has 0 aliphatic carbocycles. The maximum absolute atomic E-state index is 13.6. The zero-order chi connectivity index (χ0) is 25.4. The van der Waals surface area contributed by atoms with Crippen molar-refractivity contribution in [2.24, 2.45) is 7.05 Å². The second-order valence-electron chi connectivity index (χ2n) is 9.28. The summed E-state index contributed by atoms with van der Waals surface area (Å²) in [5.74, 6) is 0.501. The summed E-state index contributed by atoms with van der Waals surface area (Å²) in [5, 5.41) is 17.4. The Labute approximate surface area is 212 Å². The topological polar surface area (TPSA) is 135 Å². The molecule has 4 aromatic heterocycles. The largest absolute Gasteiger partial charge is 0.422 e. The molecule has 4 aromatic rings. The number of anilines is 3. The van der Waals surface area contributed by atoms with Gasteiger partial charge < -0.3 is 29.4 Å². The molecule has 0 bridgehead atoms. The first-order valence-electron chi connectivity index (χ1n) is 12.4. The van der Waals surface area contributed by atoms with E-state index in [1.807, 2.05) is 35.2 Å². The number of aliphatic hydroxyl groups is 1. The van der Waals surface area contributed by atoms with E-state index in [0.29, 0.717) is 79.5 Å². The second-order valence-corrected chi connectivity index (χ2v) is 9.28. The fraction of sp³-hybridized carbons (Fsp3) is 0.400. The molecule has 37 heavy (non-hydrogen) atoms. The Morgan fingerprint density at radius 1 is 1.14 bits per heavy atom. The molecule has 0 spiro atoms. The third kappa shape index (κ3) is 4.85. The van der Waals surface area contributed by atoms with Gasteiger partial charge in [0.25, 0.3) is 11.9 Å². The number of aromatic nitrogens is 5. The molecule has 0 saturated carbocycles. The number of aliphatic hydroxyl groups excluding tert-OH is 1. The Bertz CT molecular complexity index is 1430. The SMILES string of the molecule is Cn1cc(-c2cccc(NC(=O)c3cc4oc(N5CCOCC5)nc4nc3N3CCCC(O)C3)n2)cn1. The highest BCUT2D eigenvalue weighted by molar-refractivity contribution is 6.08. The van der Waals surface area contributed by atoms with Gasteiger partial charge in [0.15, 0.2) is 5.58 Å². The van der Waals surface area contributed by atoms with Crippen molar-refractivity contribution in [3.8, 4) is 11.3 Å². The first-order chi connectivity index (χ1) is 18.0. The first-order valence-corrected chi connectivity index (χ1v) is 12.4. The van der Waals surface area contributed by atoms with Crippen LogP contribution < -0.4 is 15.1 Å². The fourth-order valence-electron chi connectivity index (χ4n) is 4.69. The van der Waals surface area contributed by atoms with Crippen LogP contribution in [-0.2, 0) is 11.8 Å². The molecule has 6 heterocycles. The van der Waals surface area contributed by atoms with Gasteiger partial charge >= 0.3 is 0 Å². The number of carbonyl (C=O) groups excluding carboxylic acids is 1. The van der Waals surface area contributed by atoms with Crippen LogP contribution in [0.3, 0.4) is 0 Å². The summed E-state index contributed by atoms with van der Waals surface area (Å²) in [6.07, 6.45) is 4.62. The average molecular weight is 505 g/mol. The number of nitrogens with one attached hydrogen (secondary N) is 1. The van der Waals surface area contributed by atoms with Gasteiger partial charge in [0.05, 0.1) is 36.8 Å². The lowest BCUT2D eigenvalue weighted by molar-refractivity contribution is 0.102. The number of amides is 1. The van der Waals surface area contributed by atoms with E-state index in [0.717, 1.165) is 18.4 Å². The minimum absolute atomic E-state index is 0.333. The summed E-state index contributed by atoms with van der Waals surface area (Å²) in [5.41, 5.74) is 2.72. The quantitative estimate of drug-likeness (QED) is 0.416. The van der Waals surface area contributed by atoms with E-state index in [4.69, 9.17) is 14.1 Å². The summed E-state index contributed by atoms with van der Waals surface area (Å²) in [4.78, 5) is 31.4. The van der Waals surface area contributed by atoms with E-state index in [-0.39, 0.29) is 5.91 Å². The van der Waals surface area contributed by atoms with E-state index in [2.05, 4.69) is 20.4 Å². The zero-order valence-electron chi connectivity index (χ0n) is 20.5. The van der Waals surface area contributed by atoms with Gasteiger partial charge in [-0.1, -0.05) is 6.07 Å². The maximum atomic E-state index is 13.6. The van der Waals surface area contributed by atoms with Crippen molar-refractivity contribution in [1.29, 1.82) is 0 Å². The van der Waals surface area contributed by atoms with Crippen LogP contribution in [0.25, 0.3) is 22.5 Å². The van der Waals surface area contributed by atoms with E-state index in [1.165, 1.54) is 0 Å². The monoisotopic (exact) mass is 504 g/mol. The van der Waals surface area contributed by atoms with Gasteiger partial charge in [-0.15, -0.1) is 0 Å². The summed E-state index contributed by atoms with van der Waals surface area (Å²) < 4.78 is 13.1. The third-order valence-electron chi connectivity index (χ3n) is 6.56. The average Bonchev–Trinajstić information content (AvgIpc) is 3.54. The number of nitrogens with zero attached hydrogens (tertiary/aromatic N) is 7. The number of oxazole rings is 1. The molecule has 6 rings (SSSR count). The number of morpholine rings is 1. The molecule has 12 nitrogen and oxygen atoms in total. The Morgan fingerprint density at radius 3 is 2.78 bits per heavy atom. The second kappa shape index (κ2) is 9.79. The molecule has 192 valence electrons. The van der Waals surface area contributed by atoms with Crippen LogP contribution >= 0.6 is 0 Å². The van der Waals surface area contributed by atoms with Gasteiger partial charge in [0.1, 0.15) is 11.6 Å². The van der Waals surface area contributed by atoms with E-state index < -0.39 is 6.10 Å². The number of fused-ring (bicyclic) bond motifs is 1. The lowest BCUT2D eigenvalue weighted by atomic mass is 10.1. The number of carbonyl (C=O) groups is 1. The van der Waals surface area contributed by atoms with Crippen molar-refractivity contribution in [1.82, 2.24) is 24.7 Å². The van der Waals surface area contributed by atoms with Gasteiger partial charge in [0, 0.05) is 51.1 Å². The number of hydrogen-bond acceptors (Lipinski definition) is 10. The number of ether oxygens (including phenoxy) is 1. The van der Waals surface area contributed by atoms with Crippen molar-refractivity contribution in [2.45, 2.75) is 18.9 Å². The smallest absolute Gasteiger partial charge is 0.300 e. The highest BCUT2D eigenvalue weighted by Crippen LogP contribution is 2.30. The van der Waals surface area contributed by atoms with Crippen LogP contribution in [0.4, 0.5) is 17.7 Å². The highest BCUT2D eigenvalue weighted by atomic mass is 16.5. The van der Waals surface area contributed by atoms with Crippen LogP contribution in [0.5, 0.6) is 0 Å². The fourth-order valence-corrected chi connectivity index (χ4v) is 4.69. The Kier molecular flexibility index (Phi) is 6.18. The molecule has 2 aliphatic rings. The molecular formula is C25H28N8O4. The lowest BCUT2D eigenvalue weighted by Gasteiger charge is -2.31. The number of β-amino-alcohol motifs (C(OH)–C–C–N with tert-alkyl or cyclic N) is 1. The summed E-state index contributed by atoms with van der Waals surface area (Å²) in [6, 6.07) is 7.57. The van der Waals surface area contributed by atoms with Crippen LogP contribution in [0, 0.1) is 0 Å². The molecule has 2 N–H and O–H groups in total. The predicted molar refractivity (Wildman–Crippen MR) is 137 cm³/mol. The van der Waals surface area contributed by atoms with Crippen LogP contribution in [0.15, 0.2) is 41.1 Å². The van der Waals surface area contributed by atoms with Gasteiger partial charge in [-0.25, -0.2) is 9.97 Å². The number of piperidine rings is 1. The number of rotatable bonds is 5. The molecule has 1 atom stereocenters. The van der Waals surface area contributed by atoms with Gasteiger partial charge in [-0.3, -0.25) is 9.48 Å². The van der Waals surface area contributed by atoms with Crippen molar-refractivity contribution in [2.75, 3.05) is 54.5 Å². The normalized spacial score (nSPS) is 18.4. The minimum Gasteiger partial charge on any atom is -0.422 e. The standard InChI is InChI=1S/C25H28N8O4/c1-31-14-16(13-26-31)19-5-2-6-21(27-19)28-24(35)18-12-20-22(29-23(18)33-7-3-4-17(34)15-33)30-25(37-20)32-8-10-36-11-9-32/h2,5-6,12-14,17,34H,3-4,7-11,15H2,1H3,(H,27,28,35). The minimum atomic E-state index is -0.485. The van der Waals surface area contributed by atoms with Crippen LogP contribution in [0.2, 0.25) is 0 Å². The molecule has 12 heteroatoms. The zero-order valence-corrected chi connectivity index (χ0v) is 20.5. The first kappa shape index (κ1) is 23.4. The molecule has 2 aliphatic heterocycles. The number of aryl methyl sites for hydroxylation is 1. The highest BCUT2D eigenvalue weighted by Gasteiger charge is 2.27. The van der Waals surface area contributed by atoms with E-state index >= 15 is 0 Å². The maximum Gasteiger partial charge on any atom is 0.300 e. The van der Waals surface area contributed by atoms with E-state index in [1.54, 1.807) is 23.0 Å². The molecule has 2 saturated heterocycles. The van der Waals surface area contributed by atoms with Crippen LogP contribution in [-0.4, -0.2) is 81.2 Å². The molecule has 1 unspecified atom stereocenters. The van der Waals surface area contributed by atoms with E-state index in [9.17, 15) is 9.90 Å². The number of pyridine rings is 2. The Hall–Kier alpha value is -4.03. The molecular weight excluding hydrogens is 476 g/mol. The van der Waals surface area contributed by atoms with Crippen molar-refractivity contribution in [3.63, 3.8) is 0 Å². The Balaban J connectivity index is 1.34. The lowest BCUT2D eigenvalue weighted by Crippen LogP contribution is -2.39. The predicted octanol–water partition coefficient (Wildman–Crippen LogP) is 2.07. The van der Waals surface area contributed by atoms with Gasteiger partial charge in [-0.05, 0) is 25.0 Å². The van der Waals surface area contributed by atoms with Gasteiger partial charge in [-0.2, -0.15) is 10.1 Å².